The van der Waals surface area contributed by atoms with Crippen LogP contribution in [-0.2, 0) is 0 Å². The molecule has 1 atom stereocenters. The summed E-state index contributed by atoms with van der Waals surface area (Å²) in [5, 5.41) is 0. The van der Waals surface area contributed by atoms with Gasteiger partial charge in [-0.25, -0.2) is 0 Å². The summed E-state index contributed by atoms with van der Waals surface area (Å²) in [5.41, 5.74) is 5.71. The normalized spacial score (nSPS) is 17.8. The van der Waals surface area contributed by atoms with Crippen LogP contribution in [0, 0.1) is 0 Å². The second-order valence-corrected chi connectivity index (χ2v) is 5.61. The van der Waals surface area contributed by atoms with Crippen LogP contribution in [0.25, 0.3) is 0 Å². The van der Waals surface area contributed by atoms with Crippen molar-refractivity contribution in [3.63, 3.8) is 0 Å². The Morgan fingerprint density at radius 3 is 2.39 bits per heavy atom. The fourth-order valence-electron chi connectivity index (χ4n) is 2.48. The molecule has 1 unspecified atom stereocenters. The maximum absolute atomic E-state index is 5.66. The van der Waals surface area contributed by atoms with Gasteiger partial charge in [0.1, 0.15) is 0 Å². The van der Waals surface area contributed by atoms with Crippen molar-refractivity contribution in [2.45, 2.75) is 37.6 Å². The van der Waals surface area contributed by atoms with Crippen molar-refractivity contribution in [2.24, 2.45) is 5.84 Å². The van der Waals surface area contributed by atoms with Gasteiger partial charge >= 0.3 is 0 Å². The van der Waals surface area contributed by atoms with Crippen molar-refractivity contribution in [3.8, 4) is 0 Å². The Kier molecular flexibility index (Phi) is 4.75. The van der Waals surface area contributed by atoms with Crippen molar-refractivity contribution in [1.82, 2.24) is 10.3 Å². The van der Waals surface area contributed by atoms with Gasteiger partial charge in [-0.3, -0.25) is 11.3 Å². The third kappa shape index (κ3) is 3.31. The Morgan fingerprint density at radius 1 is 1.28 bits per heavy atom. The first-order valence-corrected chi connectivity index (χ1v) is 6.91. The minimum Gasteiger partial charge on any atom is -0.309 e. The van der Waals surface area contributed by atoms with E-state index in [1.54, 1.807) is 0 Å². The highest BCUT2D eigenvalue weighted by Gasteiger charge is 2.19. The van der Waals surface area contributed by atoms with Gasteiger partial charge in [-0.15, -0.1) is 0 Å². The van der Waals surface area contributed by atoms with Crippen LogP contribution in [0.1, 0.15) is 48.8 Å². The Morgan fingerprint density at radius 2 is 1.94 bits per heavy atom. The predicted molar refractivity (Wildman–Crippen MR) is 76.3 cm³/mol. The van der Waals surface area contributed by atoms with Gasteiger partial charge in [0.15, 0.2) is 0 Å². The van der Waals surface area contributed by atoms with Gasteiger partial charge < -0.3 is 4.90 Å². The lowest BCUT2D eigenvalue weighted by molar-refractivity contribution is 0.362. The molecule has 0 aromatic heterocycles. The van der Waals surface area contributed by atoms with Crippen LogP contribution >= 0.6 is 0 Å². The van der Waals surface area contributed by atoms with E-state index in [1.165, 1.54) is 30.4 Å². The third-order valence-electron chi connectivity index (χ3n) is 3.98. The quantitative estimate of drug-likeness (QED) is 0.599. The average Bonchev–Trinajstić information content (AvgIpc) is 2.29. The summed E-state index contributed by atoms with van der Waals surface area (Å²) in [6.07, 6.45) is 5.14. The topological polar surface area (TPSA) is 41.3 Å². The summed E-state index contributed by atoms with van der Waals surface area (Å²) in [7, 11) is 4.18. The van der Waals surface area contributed by atoms with E-state index < -0.39 is 0 Å². The predicted octanol–water partition coefficient (Wildman–Crippen LogP) is 2.41. The monoisotopic (exact) mass is 247 g/mol. The van der Waals surface area contributed by atoms with Crippen molar-refractivity contribution in [2.75, 3.05) is 20.6 Å². The molecule has 0 bridgehead atoms. The highest BCUT2D eigenvalue weighted by molar-refractivity contribution is 5.28. The van der Waals surface area contributed by atoms with Gasteiger partial charge in [0.2, 0.25) is 0 Å². The van der Waals surface area contributed by atoms with Gasteiger partial charge in [0.25, 0.3) is 0 Å². The number of hydrogen-bond acceptors (Lipinski definition) is 3. The Balaban J connectivity index is 1.97. The largest absolute Gasteiger partial charge is 0.309 e. The molecule has 3 nitrogen and oxygen atoms in total. The lowest BCUT2D eigenvalue weighted by Gasteiger charge is -2.26. The van der Waals surface area contributed by atoms with Crippen molar-refractivity contribution in [1.29, 1.82) is 0 Å². The fourth-order valence-corrected chi connectivity index (χ4v) is 2.48. The summed E-state index contributed by atoms with van der Waals surface area (Å²) in [5.74, 6) is 6.47. The molecule has 1 aliphatic carbocycles. The summed E-state index contributed by atoms with van der Waals surface area (Å²) in [6.45, 7) is 1.04. The molecule has 1 saturated carbocycles. The van der Waals surface area contributed by atoms with Crippen molar-refractivity contribution < 1.29 is 0 Å². The van der Waals surface area contributed by atoms with Crippen LogP contribution in [0.3, 0.4) is 0 Å². The summed E-state index contributed by atoms with van der Waals surface area (Å²) in [6, 6.07) is 9.27. The summed E-state index contributed by atoms with van der Waals surface area (Å²) < 4.78 is 0. The molecule has 100 valence electrons. The first kappa shape index (κ1) is 13.5. The first-order chi connectivity index (χ1) is 8.70. The molecule has 1 aromatic carbocycles. The van der Waals surface area contributed by atoms with Crippen LogP contribution in [0.2, 0.25) is 0 Å². The van der Waals surface area contributed by atoms with E-state index in [1.807, 2.05) is 0 Å². The molecule has 3 N–H and O–H groups in total. The molecule has 0 radical (unpaired) electrons. The van der Waals surface area contributed by atoms with Crippen LogP contribution in [-0.4, -0.2) is 25.5 Å². The molecule has 0 saturated heterocycles. The van der Waals surface area contributed by atoms with Crippen molar-refractivity contribution >= 4 is 0 Å². The van der Waals surface area contributed by atoms with Gasteiger partial charge in [-0.2, -0.15) is 0 Å². The molecule has 1 aromatic rings. The zero-order chi connectivity index (χ0) is 13.0. The zero-order valence-corrected chi connectivity index (χ0v) is 11.5. The van der Waals surface area contributed by atoms with Crippen LogP contribution in [0.5, 0.6) is 0 Å². The van der Waals surface area contributed by atoms with E-state index in [9.17, 15) is 0 Å². The molecular formula is C15H25N3. The van der Waals surface area contributed by atoms with E-state index in [4.69, 9.17) is 5.84 Å². The third-order valence-corrected chi connectivity index (χ3v) is 3.98. The molecule has 3 heteroatoms. The maximum atomic E-state index is 5.66. The number of benzene rings is 1. The molecule has 0 spiro atoms. The highest BCUT2D eigenvalue weighted by atomic mass is 15.2. The number of nitrogens with zero attached hydrogens (tertiary/aromatic N) is 1. The summed E-state index contributed by atoms with van der Waals surface area (Å²) >= 11 is 0. The van der Waals surface area contributed by atoms with E-state index in [2.05, 4.69) is 48.7 Å². The molecule has 0 heterocycles. The Hall–Kier alpha value is -0.900. The van der Waals surface area contributed by atoms with Crippen molar-refractivity contribution in [3.05, 3.63) is 35.4 Å². The molecule has 2 rings (SSSR count). The number of hydrogen-bond donors (Lipinski definition) is 2. The van der Waals surface area contributed by atoms with Gasteiger partial charge in [-0.05, 0) is 56.9 Å². The zero-order valence-electron chi connectivity index (χ0n) is 11.5. The minimum atomic E-state index is 0.253. The van der Waals surface area contributed by atoms with Crippen LogP contribution in [0.4, 0.5) is 0 Å². The molecule has 1 aliphatic rings. The summed E-state index contributed by atoms with van der Waals surface area (Å²) in [4.78, 5) is 2.19. The Bertz CT molecular complexity index is 355. The lowest BCUT2D eigenvalue weighted by Crippen LogP contribution is -2.30. The fraction of sp³-hybridized carbons (Fsp3) is 0.600. The number of nitrogens with two attached hydrogens (primary N) is 1. The van der Waals surface area contributed by atoms with E-state index in [0.29, 0.717) is 0 Å². The SMILES string of the molecule is CN(C)CCC(NN)c1ccc(C2CCC2)cc1. The molecule has 0 aliphatic heterocycles. The standard InChI is InChI=1S/C15H25N3/c1-18(2)11-10-15(17-16)14-8-6-13(7-9-14)12-4-3-5-12/h6-9,12,15,17H,3-5,10-11,16H2,1-2H3. The van der Waals surface area contributed by atoms with Crippen LogP contribution in [0.15, 0.2) is 24.3 Å². The van der Waals surface area contributed by atoms with Gasteiger partial charge in [0, 0.05) is 6.04 Å². The number of rotatable bonds is 6. The second-order valence-electron chi connectivity index (χ2n) is 5.61. The average molecular weight is 247 g/mol. The molecule has 1 fully saturated rings. The Labute approximate surface area is 110 Å². The minimum absolute atomic E-state index is 0.253. The first-order valence-electron chi connectivity index (χ1n) is 6.91. The number of hydrazine groups is 1. The van der Waals surface area contributed by atoms with Gasteiger partial charge in [-0.1, -0.05) is 30.7 Å². The van der Waals surface area contributed by atoms with Gasteiger partial charge in [0.05, 0.1) is 0 Å². The van der Waals surface area contributed by atoms with E-state index >= 15 is 0 Å². The highest BCUT2D eigenvalue weighted by Crippen LogP contribution is 2.36. The molecular weight excluding hydrogens is 222 g/mol. The maximum Gasteiger partial charge on any atom is 0.0472 e. The molecule has 0 amide bonds. The number of nitrogens with one attached hydrogen (secondary N) is 1. The second kappa shape index (κ2) is 6.32. The smallest absolute Gasteiger partial charge is 0.0472 e. The molecule has 18 heavy (non-hydrogen) atoms. The van der Waals surface area contributed by atoms with E-state index in [-0.39, 0.29) is 6.04 Å². The van der Waals surface area contributed by atoms with E-state index in [0.717, 1.165) is 18.9 Å². The lowest BCUT2D eigenvalue weighted by atomic mass is 9.80. The van der Waals surface area contributed by atoms with Crippen LogP contribution < -0.4 is 11.3 Å².